The maximum absolute atomic E-state index is 13.0. The number of anilines is 2. The third-order valence-corrected chi connectivity index (χ3v) is 3.58. The van der Waals surface area contributed by atoms with E-state index in [1.54, 1.807) is 24.3 Å². The fourth-order valence-corrected chi connectivity index (χ4v) is 2.37. The van der Waals surface area contributed by atoms with Gasteiger partial charge in [0, 0.05) is 13.1 Å². The van der Waals surface area contributed by atoms with Crippen LogP contribution in [0.15, 0.2) is 42.5 Å². The number of rotatable bonds is 2. The van der Waals surface area contributed by atoms with Crippen molar-refractivity contribution in [3.05, 3.63) is 48.3 Å². The van der Waals surface area contributed by atoms with Crippen molar-refractivity contribution in [2.24, 2.45) is 0 Å². The van der Waals surface area contributed by atoms with E-state index in [1.165, 1.54) is 17.1 Å². The van der Waals surface area contributed by atoms with Crippen molar-refractivity contribution in [1.82, 2.24) is 10.4 Å². The smallest absolute Gasteiger partial charge is 0.336 e. The number of nitrogens with two attached hydrogens (primary N) is 1. The quantitative estimate of drug-likeness (QED) is 0.747. The van der Waals surface area contributed by atoms with Crippen LogP contribution in [0.1, 0.15) is 6.42 Å². The number of carbonyl (C=O) groups excluding carboxylic acids is 1. The highest BCUT2D eigenvalue weighted by Crippen LogP contribution is 2.27. The Morgan fingerprint density at radius 2 is 1.91 bits per heavy atom. The lowest BCUT2D eigenvalue weighted by molar-refractivity contribution is 0.205. The number of nitrogens with zero attached hydrogens (tertiary/aromatic N) is 1. The average molecular weight is 300 g/mol. The van der Waals surface area contributed by atoms with Gasteiger partial charge in [0.1, 0.15) is 5.82 Å². The number of hydrazine groups is 1. The molecule has 0 aliphatic carbocycles. The monoisotopic (exact) mass is 300 g/mol. The number of hydrogen-bond acceptors (Lipinski definition) is 3. The molecule has 0 atom stereocenters. The predicted octanol–water partition coefficient (Wildman–Crippen LogP) is 2.82. The maximum Gasteiger partial charge on any atom is 0.336 e. The summed E-state index contributed by atoms with van der Waals surface area (Å²) in [5, 5.41) is 4.33. The van der Waals surface area contributed by atoms with Crippen molar-refractivity contribution in [3.63, 3.8) is 0 Å². The molecule has 114 valence electrons. The van der Waals surface area contributed by atoms with E-state index in [9.17, 15) is 9.18 Å². The van der Waals surface area contributed by atoms with Crippen LogP contribution in [0.2, 0.25) is 0 Å². The molecule has 6 heteroatoms. The number of hydrogen-bond donors (Lipinski definition) is 3. The van der Waals surface area contributed by atoms with Crippen LogP contribution in [0, 0.1) is 5.82 Å². The molecule has 1 heterocycles. The van der Waals surface area contributed by atoms with Gasteiger partial charge in [-0.3, -0.25) is 5.01 Å². The van der Waals surface area contributed by atoms with Gasteiger partial charge in [0.25, 0.3) is 0 Å². The lowest BCUT2D eigenvalue weighted by Crippen LogP contribution is -2.40. The summed E-state index contributed by atoms with van der Waals surface area (Å²) in [7, 11) is 0. The highest BCUT2D eigenvalue weighted by Gasteiger charge is 2.18. The number of carbonyl (C=O) groups is 1. The van der Waals surface area contributed by atoms with Crippen molar-refractivity contribution < 1.29 is 9.18 Å². The van der Waals surface area contributed by atoms with Gasteiger partial charge < -0.3 is 11.1 Å². The molecule has 1 saturated heterocycles. The van der Waals surface area contributed by atoms with Crippen molar-refractivity contribution in [1.29, 1.82) is 0 Å². The van der Waals surface area contributed by atoms with Crippen molar-refractivity contribution in [3.8, 4) is 11.1 Å². The Hall–Kier alpha value is -2.60. The van der Waals surface area contributed by atoms with Gasteiger partial charge in [0.05, 0.1) is 11.4 Å². The molecule has 3 rings (SSSR count). The van der Waals surface area contributed by atoms with Gasteiger partial charge in [-0.15, -0.1) is 0 Å². The molecule has 0 aromatic heterocycles. The van der Waals surface area contributed by atoms with E-state index < -0.39 is 0 Å². The van der Waals surface area contributed by atoms with E-state index in [1.807, 2.05) is 6.07 Å². The number of nitrogens with one attached hydrogen (secondary N) is 2. The van der Waals surface area contributed by atoms with E-state index in [0.717, 1.165) is 24.1 Å². The van der Waals surface area contributed by atoms with Gasteiger partial charge in [-0.2, -0.15) is 0 Å². The minimum Gasteiger partial charge on any atom is -0.397 e. The molecule has 1 aliphatic heterocycles. The molecule has 2 aromatic rings. The summed E-state index contributed by atoms with van der Waals surface area (Å²) in [4.78, 5) is 12.1. The Balaban J connectivity index is 1.83. The highest BCUT2D eigenvalue weighted by molar-refractivity contribution is 5.93. The average Bonchev–Trinajstić information content (AvgIpc) is 3.05. The molecule has 0 bridgehead atoms. The van der Waals surface area contributed by atoms with Crippen LogP contribution in [-0.4, -0.2) is 24.1 Å². The van der Waals surface area contributed by atoms with Crippen molar-refractivity contribution >= 4 is 17.4 Å². The summed E-state index contributed by atoms with van der Waals surface area (Å²) in [5.74, 6) is -0.284. The Labute approximate surface area is 127 Å². The zero-order valence-corrected chi connectivity index (χ0v) is 12.0. The van der Waals surface area contributed by atoms with Crippen LogP contribution < -0.4 is 16.5 Å². The molecule has 0 spiro atoms. The summed E-state index contributed by atoms with van der Waals surface area (Å²) in [6.07, 6.45) is 0.929. The lowest BCUT2D eigenvalue weighted by Gasteiger charge is -2.17. The molecule has 0 radical (unpaired) electrons. The molecule has 1 aliphatic rings. The molecule has 2 amide bonds. The van der Waals surface area contributed by atoms with E-state index in [2.05, 4.69) is 10.7 Å². The maximum atomic E-state index is 13.0. The number of nitrogen functional groups attached to an aromatic ring is 1. The van der Waals surface area contributed by atoms with Gasteiger partial charge in [0.2, 0.25) is 0 Å². The number of urea groups is 1. The van der Waals surface area contributed by atoms with Crippen LogP contribution in [0.3, 0.4) is 0 Å². The first-order valence-electron chi connectivity index (χ1n) is 7.11. The van der Waals surface area contributed by atoms with Crippen LogP contribution in [-0.2, 0) is 0 Å². The van der Waals surface area contributed by atoms with E-state index >= 15 is 0 Å². The number of halogens is 1. The number of amides is 2. The Bertz CT molecular complexity index is 681. The largest absolute Gasteiger partial charge is 0.397 e. The van der Waals surface area contributed by atoms with Crippen LogP contribution in [0.5, 0.6) is 0 Å². The molecule has 1 fully saturated rings. The minimum atomic E-state index is -0.284. The van der Waals surface area contributed by atoms with Crippen LogP contribution >= 0.6 is 0 Å². The molecule has 0 unspecified atom stereocenters. The Morgan fingerprint density at radius 1 is 1.18 bits per heavy atom. The third-order valence-electron chi connectivity index (χ3n) is 3.58. The van der Waals surface area contributed by atoms with Gasteiger partial charge in [0.15, 0.2) is 0 Å². The first-order chi connectivity index (χ1) is 10.6. The molecule has 22 heavy (non-hydrogen) atoms. The minimum absolute atomic E-state index is 0.236. The molecular weight excluding hydrogens is 283 g/mol. The number of benzene rings is 2. The first-order valence-corrected chi connectivity index (χ1v) is 7.11. The molecular formula is C16H17FN4O. The standard InChI is InChI=1S/C16H17FN4O/c17-13-5-2-11(3-6-13)12-4-7-14(18)15(10-12)20-16(22)21-9-1-8-19-21/h2-7,10,19H,1,8-9,18H2,(H,20,22). The van der Waals surface area contributed by atoms with E-state index in [0.29, 0.717) is 17.9 Å². The van der Waals surface area contributed by atoms with Gasteiger partial charge in [-0.1, -0.05) is 18.2 Å². The Morgan fingerprint density at radius 3 is 2.59 bits per heavy atom. The topological polar surface area (TPSA) is 70.4 Å². The highest BCUT2D eigenvalue weighted by atomic mass is 19.1. The molecule has 4 N–H and O–H groups in total. The normalized spacial score (nSPS) is 14.1. The third kappa shape index (κ3) is 3.01. The lowest BCUT2D eigenvalue weighted by atomic mass is 10.0. The SMILES string of the molecule is Nc1ccc(-c2ccc(F)cc2)cc1NC(=O)N1CCCN1. The summed E-state index contributed by atoms with van der Waals surface area (Å²) in [6, 6.07) is 11.3. The summed E-state index contributed by atoms with van der Waals surface area (Å²) in [5.41, 5.74) is 11.7. The first kappa shape index (κ1) is 14.3. The van der Waals surface area contributed by atoms with Crippen molar-refractivity contribution in [2.75, 3.05) is 24.1 Å². The fraction of sp³-hybridized carbons (Fsp3) is 0.188. The summed E-state index contributed by atoms with van der Waals surface area (Å²) < 4.78 is 13.0. The van der Waals surface area contributed by atoms with Crippen molar-refractivity contribution in [2.45, 2.75) is 6.42 Å². The second-order valence-corrected chi connectivity index (χ2v) is 5.15. The zero-order valence-electron chi connectivity index (χ0n) is 12.0. The second kappa shape index (κ2) is 6.03. The van der Waals surface area contributed by atoms with E-state index in [4.69, 9.17) is 5.73 Å². The summed E-state index contributed by atoms with van der Waals surface area (Å²) >= 11 is 0. The summed E-state index contributed by atoms with van der Waals surface area (Å²) in [6.45, 7) is 1.46. The molecule has 0 saturated carbocycles. The zero-order chi connectivity index (χ0) is 15.5. The second-order valence-electron chi connectivity index (χ2n) is 5.15. The van der Waals surface area contributed by atoms with Crippen LogP contribution in [0.25, 0.3) is 11.1 Å². The van der Waals surface area contributed by atoms with Gasteiger partial charge in [-0.05, 0) is 41.8 Å². The van der Waals surface area contributed by atoms with E-state index in [-0.39, 0.29) is 11.8 Å². The van der Waals surface area contributed by atoms with Crippen LogP contribution in [0.4, 0.5) is 20.6 Å². The molecule has 5 nitrogen and oxygen atoms in total. The molecule has 2 aromatic carbocycles. The van der Waals surface area contributed by atoms with Gasteiger partial charge in [-0.25, -0.2) is 14.6 Å². The Kier molecular flexibility index (Phi) is 3.93. The predicted molar refractivity (Wildman–Crippen MR) is 84.6 cm³/mol. The van der Waals surface area contributed by atoms with Gasteiger partial charge >= 0.3 is 6.03 Å². The fourth-order valence-electron chi connectivity index (χ4n) is 2.37.